The molecule has 1 saturated carbocycles. The molecule has 2 aromatic carbocycles. The van der Waals surface area contributed by atoms with Crippen molar-refractivity contribution in [3.63, 3.8) is 0 Å². The molecular weight excluding hydrogens is 407 g/mol. The predicted molar refractivity (Wildman–Crippen MR) is 114 cm³/mol. The summed E-state index contributed by atoms with van der Waals surface area (Å²) in [6.45, 7) is 5.36. The summed E-state index contributed by atoms with van der Waals surface area (Å²) in [6, 6.07) is 11.1. The van der Waals surface area contributed by atoms with E-state index in [0.717, 1.165) is 6.42 Å². The Morgan fingerprint density at radius 3 is 2.50 bits per heavy atom. The Labute approximate surface area is 180 Å². The zero-order chi connectivity index (χ0) is 21.6. The van der Waals surface area contributed by atoms with Gasteiger partial charge in [0, 0.05) is 22.2 Å². The Kier molecular flexibility index (Phi) is 5.22. The number of benzene rings is 2. The lowest BCUT2D eigenvalue weighted by molar-refractivity contribution is -0.121. The van der Waals surface area contributed by atoms with Crippen molar-refractivity contribution in [3.8, 4) is 11.1 Å². The number of likely N-dealkylation sites (tertiary alicyclic amines) is 1. The van der Waals surface area contributed by atoms with E-state index in [2.05, 4.69) is 5.32 Å². The maximum absolute atomic E-state index is 15.2. The highest BCUT2D eigenvalue weighted by molar-refractivity contribution is 6.33. The molecule has 2 aliphatic rings. The van der Waals surface area contributed by atoms with Gasteiger partial charge in [0.15, 0.2) is 5.82 Å². The molecule has 2 amide bonds. The van der Waals surface area contributed by atoms with E-state index in [0.29, 0.717) is 28.5 Å². The molecule has 0 aromatic heterocycles. The first kappa shape index (κ1) is 20.7. The van der Waals surface area contributed by atoms with Crippen molar-refractivity contribution >= 4 is 29.3 Å². The van der Waals surface area contributed by atoms with Gasteiger partial charge in [-0.05, 0) is 51.7 Å². The Morgan fingerprint density at radius 2 is 1.80 bits per heavy atom. The van der Waals surface area contributed by atoms with Crippen molar-refractivity contribution in [2.45, 2.75) is 51.3 Å². The number of halogens is 2. The van der Waals surface area contributed by atoms with Crippen LogP contribution in [0.15, 0.2) is 42.5 Å². The summed E-state index contributed by atoms with van der Waals surface area (Å²) in [7, 11) is 0. The van der Waals surface area contributed by atoms with Gasteiger partial charge in [-0.3, -0.25) is 9.69 Å². The van der Waals surface area contributed by atoms with Crippen molar-refractivity contribution < 1.29 is 18.7 Å². The fourth-order valence-electron chi connectivity index (χ4n) is 4.00. The van der Waals surface area contributed by atoms with Gasteiger partial charge in [-0.2, -0.15) is 0 Å². The van der Waals surface area contributed by atoms with Gasteiger partial charge in [0.25, 0.3) is 0 Å². The number of rotatable bonds is 3. The summed E-state index contributed by atoms with van der Waals surface area (Å²) >= 11 is 6.21. The largest absolute Gasteiger partial charge is 0.444 e. The second-order valence-corrected chi connectivity index (χ2v) is 9.25. The highest BCUT2D eigenvalue weighted by atomic mass is 35.5. The van der Waals surface area contributed by atoms with Crippen LogP contribution in [0.25, 0.3) is 11.1 Å². The summed E-state index contributed by atoms with van der Waals surface area (Å²) in [5, 5.41) is 3.09. The lowest BCUT2D eigenvalue weighted by atomic mass is 10.0. The fraction of sp³-hybridized carbons (Fsp3) is 0.391. The minimum atomic E-state index is -0.674. The van der Waals surface area contributed by atoms with E-state index < -0.39 is 29.5 Å². The number of amides is 2. The van der Waals surface area contributed by atoms with Gasteiger partial charge >= 0.3 is 6.09 Å². The second kappa shape index (κ2) is 7.58. The normalized spacial score (nSPS) is 22.4. The fourth-order valence-corrected chi connectivity index (χ4v) is 4.24. The Bertz CT molecular complexity index is 1000. The number of carbonyl (C=O) groups is 2. The van der Waals surface area contributed by atoms with E-state index in [1.54, 1.807) is 57.2 Å². The molecule has 5 nitrogen and oxygen atoms in total. The molecule has 1 aliphatic carbocycles. The molecule has 1 heterocycles. The second-order valence-electron chi connectivity index (χ2n) is 8.84. The van der Waals surface area contributed by atoms with Crippen molar-refractivity contribution in [1.82, 2.24) is 4.90 Å². The molecule has 1 saturated heterocycles. The third-order valence-electron chi connectivity index (χ3n) is 5.43. The Hall–Kier alpha value is -2.60. The lowest BCUT2D eigenvalue weighted by Crippen LogP contribution is -2.47. The van der Waals surface area contributed by atoms with Crippen LogP contribution in [0.5, 0.6) is 0 Å². The average molecular weight is 431 g/mol. The molecular formula is C23H24ClFN2O3. The molecule has 1 aliphatic heterocycles. The molecule has 4 rings (SSSR count). The van der Waals surface area contributed by atoms with Crippen LogP contribution in [0.4, 0.5) is 14.9 Å². The number of piperidine rings is 1. The van der Waals surface area contributed by atoms with Gasteiger partial charge in [0.2, 0.25) is 5.91 Å². The van der Waals surface area contributed by atoms with E-state index in [4.69, 9.17) is 16.3 Å². The summed E-state index contributed by atoms with van der Waals surface area (Å²) < 4.78 is 20.7. The first-order valence-electron chi connectivity index (χ1n) is 10.0. The minimum absolute atomic E-state index is 0.0231. The molecule has 7 heteroatoms. The number of hydrogen-bond acceptors (Lipinski definition) is 3. The van der Waals surface area contributed by atoms with Gasteiger partial charge in [-0.25, -0.2) is 9.18 Å². The van der Waals surface area contributed by atoms with Crippen molar-refractivity contribution in [2.75, 3.05) is 5.32 Å². The number of nitrogens with zero attached hydrogens (tertiary/aromatic N) is 1. The SMILES string of the molecule is CC(C)(C)OC(=O)N1[C@@H]2C[C@@H]2C[C@H]1C(=O)Nc1cccc(-c2ccccc2Cl)c1F. The van der Waals surface area contributed by atoms with Crippen LogP contribution in [0.1, 0.15) is 33.6 Å². The van der Waals surface area contributed by atoms with Gasteiger partial charge in [-0.15, -0.1) is 0 Å². The van der Waals surface area contributed by atoms with Crippen molar-refractivity contribution in [3.05, 3.63) is 53.3 Å². The average Bonchev–Trinajstić information content (AvgIpc) is 3.32. The molecule has 2 aromatic rings. The van der Waals surface area contributed by atoms with Crippen molar-refractivity contribution in [2.24, 2.45) is 5.92 Å². The predicted octanol–water partition coefficient (Wildman–Crippen LogP) is 5.48. The summed E-state index contributed by atoms with van der Waals surface area (Å²) in [5.74, 6) is -0.679. The molecule has 2 fully saturated rings. The maximum atomic E-state index is 15.2. The summed E-state index contributed by atoms with van der Waals surface area (Å²) in [5.41, 5.74) is 0.254. The summed E-state index contributed by atoms with van der Waals surface area (Å²) in [6.07, 6.45) is 0.930. The zero-order valence-electron chi connectivity index (χ0n) is 17.1. The van der Waals surface area contributed by atoms with E-state index >= 15 is 4.39 Å². The van der Waals surface area contributed by atoms with E-state index in [1.165, 1.54) is 11.0 Å². The lowest BCUT2D eigenvalue weighted by Gasteiger charge is -2.30. The maximum Gasteiger partial charge on any atom is 0.411 e. The van der Waals surface area contributed by atoms with Gasteiger partial charge in [-0.1, -0.05) is 41.9 Å². The van der Waals surface area contributed by atoms with Gasteiger partial charge in [0.05, 0.1) is 5.69 Å². The van der Waals surface area contributed by atoms with Crippen molar-refractivity contribution in [1.29, 1.82) is 0 Å². The number of fused-ring (bicyclic) bond motifs is 1. The standard InChI is InChI=1S/C23H24ClFN2O3/c1-23(2,3)30-22(29)27-18-11-13(18)12-19(27)21(28)26-17-10-6-8-15(20(17)25)14-7-4-5-9-16(14)24/h4-10,13,18-19H,11-12H2,1-3H3,(H,26,28)/t13-,18-,19+/m1/s1. The minimum Gasteiger partial charge on any atom is -0.444 e. The first-order valence-corrected chi connectivity index (χ1v) is 10.4. The summed E-state index contributed by atoms with van der Waals surface area (Å²) in [4.78, 5) is 27.1. The third-order valence-corrected chi connectivity index (χ3v) is 5.76. The molecule has 0 spiro atoms. The van der Waals surface area contributed by atoms with Crippen LogP contribution < -0.4 is 5.32 Å². The van der Waals surface area contributed by atoms with Crippen LogP contribution in [-0.4, -0.2) is 34.6 Å². The molecule has 0 bridgehead atoms. The van der Waals surface area contributed by atoms with E-state index in [1.807, 2.05) is 0 Å². The van der Waals surface area contributed by atoms with Crippen LogP contribution >= 0.6 is 11.6 Å². The van der Waals surface area contributed by atoms with Crippen LogP contribution in [0, 0.1) is 11.7 Å². The van der Waals surface area contributed by atoms with E-state index in [9.17, 15) is 9.59 Å². The Morgan fingerprint density at radius 1 is 1.10 bits per heavy atom. The number of carbonyl (C=O) groups excluding carboxylic acids is 2. The topological polar surface area (TPSA) is 58.6 Å². The van der Waals surface area contributed by atoms with Crippen LogP contribution in [-0.2, 0) is 9.53 Å². The number of ether oxygens (including phenoxy) is 1. The zero-order valence-corrected chi connectivity index (χ0v) is 17.9. The number of anilines is 1. The molecule has 30 heavy (non-hydrogen) atoms. The molecule has 158 valence electrons. The quantitative estimate of drug-likeness (QED) is 0.701. The smallest absolute Gasteiger partial charge is 0.411 e. The molecule has 0 radical (unpaired) electrons. The number of nitrogens with one attached hydrogen (secondary N) is 1. The highest BCUT2D eigenvalue weighted by Crippen LogP contribution is 2.48. The highest BCUT2D eigenvalue weighted by Gasteiger charge is 2.57. The monoisotopic (exact) mass is 430 g/mol. The van der Waals surface area contributed by atoms with E-state index in [-0.39, 0.29) is 11.7 Å². The molecule has 1 N–H and O–H groups in total. The third kappa shape index (κ3) is 4.01. The van der Waals surface area contributed by atoms with Gasteiger partial charge in [0.1, 0.15) is 11.6 Å². The van der Waals surface area contributed by atoms with Gasteiger partial charge < -0.3 is 10.1 Å². The first-order chi connectivity index (χ1) is 14.2. The number of hydrogen-bond donors (Lipinski definition) is 1. The van der Waals surface area contributed by atoms with Crippen LogP contribution in [0.3, 0.4) is 0 Å². The Balaban J connectivity index is 1.55. The molecule has 3 atom stereocenters. The molecule has 0 unspecified atom stereocenters. The van der Waals surface area contributed by atoms with Crippen LogP contribution in [0.2, 0.25) is 5.02 Å².